The Hall–Kier alpha value is -1.64. The van der Waals surface area contributed by atoms with Crippen LogP contribution >= 0.6 is 0 Å². The van der Waals surface area contributed by atoms with Gasteiger partial charge in [-0.05, 0) is 92.3 Å². The molecule has 0 heterocycles. The Labute approximate surface area is 200 Å². The van der Waals surface area contributed by atoms with Crippen LogP contribution in [0.25, 0.3) is 0 Å². The summed E-state index contributed by atoms with van der Waals surface area (Å²) in [5.41, 5.74) is 3.70. The Kier molecular flexibility index (Phi) is 6.11. The summed E-state index contributed by atoms with van der Waals surface area (Å²) in [6, 6.07) is 0. The van der Waals surface area contributed by atoms with Gasteiger partial charge < -0.3 is 5.11 Å². The number of ketones is 1. The third-order valence-electron chi connectivity index (χ3n) is 10.8. The quantitative estimate of drug-likeness (QED) is 0.349. The maximum absolute atomic E-state index is 12.8. The molecule has 0 bridgehead atoms. The van der Waals surface area contributed by atoms with Crippen molar-refractivity contribution in [3.05, 3.63) is 35.5 Å². The average molecular weight is 453 g/mol. The number of carbonyl (C=O) groups excluding carboxylic acids is 1. The fraction of sp³-hybridized carbons (Fsp3) is 0.733. The lowest BCUT2D eigenvalue weighted by Crippen LogP contribution is -2.55. The molecule has 4 rings (SSSR count). The number of allylic oxidation sites excluding steroid dienone is 4. The molecule has 7 atom stereocenters. The first-order chi connectivity index (χ1) is 15.3. The first-order valence-corrected chi connectivity index (χ1v) is 13.2. The highest BCUT2D eigenvalue weighted by Crippen LogP contribution is 2.69. The first kappa shape index (κ1) is 24.5. The topological polar surface area (TPSA) is 54.4 Å². The van der Waals surface area contributed by atoms with Crippen LogP contribution in [0.1, 0.15) is 92.9 Å². The van der Waals surface area contributed by atoms with Gasteiger partial charge in [-0.1, -0.05) is 64.5 Å². The number of carbonyl (C=O) groups is 2. The van der Waals surface area contributed by atoms with Crippen molar-refractivity contribution in [1.82, 2.24) is 0 Å². The van der Waals surface area contributed by atoms with E-state index < -0.39 is 5.97 Å². The predicted octanol–water partition coefficient (Wildman–Crippen LogP) is 7.38. The van der Waals surface area contributed by atoms with Crippen LogP contribution in [0, 0.1) is 45.8 Å². The van der Waals surface area contributed by atoms with Crippen LogP contribution < -0.4 is 0 Å². The third kappa shape index (κ3) is 3.69. The van der Waals surface area contributed by atoms with Crippen LogP contribution in [-0.2, 0) is 9.59 Å². The number of carboxylic acid groups (broad SMARTS) is 1. The smallest absolute Gasteiger partial charge is 0.330 e. The van der Waals surface area contributed by atoms with Crippen LogP contribution in [0.15, 0.2) is 35.5 Å². The lowest BCUT2D eigenvalue weighted by atomic mass is 9.43. The lowest BCUT2D eigenvalue weighted by molar-refractivity contribution is -0.144. The maximum atomic E-state index is 12.8. The SMILES string of the molecule is C=C1CC2C(=CCC3C(C)(C)C(=O)CC[C@]23C)[C@]2(C)CCC([C@H](C)CC/C=C(/C)C(=O)O)C12. The number of rotatable bonds is 5. The van der Waals surface area contributed by atoms with Gasteiger partial charge in [0.15, 0.2) is 0 Å². The van der Waals surface area contributed by atoms with Crippen molar-refractivity contribution < 1.29 is 14.7 Å². The molecule has 3 saturated carbocycles. The van der Waals surface area contributed by atoms with E-state index in [1.807, 2.05) is 6.08 Å². The Morgan fingerprint density at radius 3 is 2.64 bits per heavy atom. The van der Waals surface area contributed by atoms with E-state index in [1.165, 1.54) is 18.4 Å². The number of hydrogen-bond acceptors (Lipinski definition) is 2. The summed E-state index contributed by atoms with van der Waals surface area (Å²) in [6.07, 6.45) is 12.6. The van der Waals surface area contributed by atoms with E-state index in [-0.39, 0.29) is 16.2 Å². The van der Waals surface area contributed by atoms with Gasteiger partial charge in [-0.3, -0.25) is 4.79 Å². The van der Waals surface area contributed by atoms with Crippen LogP contribution in [0.4, 0.5) is 0 Å². The summed E-state index contributed by atoms with van der Waals surface area (Å²) in [4.78, 5) is 23.9. The molecular formula is C30H44O3. The van der Waals surface area contributed by atoms with E-state index >= 15 is 0 Å². The fourth-order valence-corrected chi connectivity index (χ4v) is 8.80. The van der Waals surface area contributed by atoms with Crippen LogP contribution in [0.5, 0.6) is 0 Å². The fourth-order valence-electron chi connectivity index (χ4n) is 8.80. The zero-order valence-electron chi connectivity index (χ0n) is 21.7. The van der Waals surface area contributed by atoms with E-state index in [4.69, 9.17) is 11.7 Å². The van der Waals surface area contributed by atoms with Gasteiger partial charge in [0, 0.05) is 17.4 Å². The normalized spacial score (nSPS) is 41.0. The molecule has 4 aliphatic carbocycles. The van der Waals surface area contributed by atoms with E-state index in [0.717, 1.165) is 38.5 Å². The summed E-state index contributed by atoms with van der Waals surface area (Å²) in [7, 11) is 0. The van der Waals surface area contributed by atoms with E-state index in [0.29, 0.717) is 40.9 Å². The van der Waals surface area contributed by atoms with E-state index in [1.54, 1.807) is 12.5 Å². The molecule has 4 aliphatic rings. The third-order valence-corrected chi connectivity index (χ3v) is 10.8. The summed E-state index contributed by atoms with van der Waals surface area (Å²) >= 11 is 0. The van der Waals surface area contributed by atoms with Crippen molar-refractivity contribution in [3.63, 3.8) is 0 Å². The highest BCUT2D eigenvalue weighted by molar-refractivity contribution is 5.86. The highest BCUT2D eigenvalue weighted by Gasteiger charge is 2.62. The Morgan fingerprint density at radius 1 is 1.27 bits per heavy atom. The number of Topliss-reactive ketones (excluding diaryl/α,β-unsaturated/α-hetero) is 1. The zero-order chi connectivity index (χ0) is 24.3. The van der Waals surface area contributed by atoms with Crippen molar-refractivity contribution in [2.24, 2.45) is 45.8 Å². The summed E-state index contributed by atoms with van der Waals surface area (Å²) < 4.78 is 0. The number of fused-ring (bicyclic) bond motifs is 5. The van der Waals surface area contributed by atoms with E-state index in [9.17, 15) is 9.59 Å². The Morgan fingerprint density at radius 2 is 1.97 bits per heavy atom. The molecule has 1 N–H and O–H groups in total. The Bertz CT molecular complexity index is 921. The van der Waals surface area contributed by atoms with Gasteiger partial charge in [0.2, 0.25) is 0 Å². The standard InChI is InChI=1S/C30H44O3/c1-18(9-8-10-19(2)27(32)33)21-13-15-30(7)22-11-12-24-28(4,5)25(31)14-16-29(24,6)23(22)17-20(3)26(21)30/h10-11,18,21,23-24,26H,3,8-9,12-17H2,1-2,4-7H3,(H,32,33)/b19-10-/t18-,21?,23?,24?,26?,29-,30+/m1/s1. The van der Waals surface area contributed by atoms with Gasteiger partial charge in [0.1, 0.15) is 5.78 Å². The van der Waals surface area contributed by atoms with Gasteiger partial charge in [0.05, 0.1) is 0 Å². The lowest BCUT2D eigenvalue weighted by Gasteiger charge is -2.61. The summed E-state index contributed by atoms with van der Waals surface area (Å²) in [6.45, 7) is 18.1. The van der Waals surface area contributed by atoms with Gasteiger partial charge in [-0.2, -0.15) is 0 Å². The second kappa shape index (κ2) is 8.24. The van der Waals surface area contributed by atoms with Gasteiger partial charge >= 0.3 is 5.97 Å². The minimum atomic E-state index is -0.814. The molecule has 3 nitrogen and oxygen atoms in total. The first-order valence-electron chi connectivity index (χ1n) is 13.2. The van der Waals surface area contributed by atoms with Crippen molar-refractivity contribution >= 4 is 11.8 Å². The predicted molar refractivity (Wildman–Crippen MR) is 134 cm³/mol. The molecule has 4 unspecified atom stereocenters. The van der Waals surface area contributed by atoms with Gasteiger partial charge in [-0.25, -0.2) is 4.79 Å². The van der Waals surface area contributed by atoms with Crippen LogP contribution in [-0.4, -0.2) is 16.9 Å². The Balaban J connectivity index is 1.59. The molecule has 33 heavy (non-hydrogen) atoms. The molecule has 0 spiro atoms. The highest BCUT2D eigenvalue weighted by atomic mass is 16.4. The molecule has 182 valence electrons. The minimum absolute atomic E-state index is 0.182. The summed E-state index contributed by atoms with van der Waals surface area (Å²) in [5.74, 6) is 2.28. The second-order valence-electron chi connectivity index (χ2n) is 12.9. The molecular weight excluding hydrogens is 408 g/mol. The van der Waals surface area contributed by atoms with Crippen molar-refractivity contribution in [2.45, 2.75) is 92.9 Å². The van der Waals surface area contributed by atoms with Crippen molar-refractivity contribution in [1.29, 1.82) is 0 Å². The van der Waals surface area contributed by atoms with E-state index in [2.05, 4.69) is 40.7 Å². The van der Waals surface area contributed by atoms with Crippen molar-refractivity contribution in [3.8, 4) is 0 Å². The van der Waals surface area contributed by atoms with Gasteiger partial charge in [0.25, 0.3) is 0 Å². The monoisotopic (exact) mass is 452 g/mol. The average Bonchev–Trinajstić information content (AvgIpc) is 3.11. The number of hydrogen-bond donors (Lipinski definition) is 1. The zero-order valence-corrected chi connectivity index (χ0v) is 21.7. The van der Waals surface area contributed by atoms with Crippen LogP contribution in [0.2, 0.25) is 0 Å². The molecule has 3 fully saturated rings. The van der Waals surface area contributed by atoms with Crippen molar-refractivity contribution in [2.75, 3.05) is 0 Å². The molecule has 0 aromatic carbocycles. The van der Waals surface area contributed by atoms with Crippen LogP contribution in [0.3, 0.4) is 0 Å². The molecule has 3 heteroatoms. The molecule has 0 aromatic rings. The molecule has 0 aromatic heterocycles. The minimum Gasteiger partial charge on any atom is -0.478 e. The molecule has 0 saturated heterocycles. The maximum Gasteiger partial charge on any atom is 0.330 e. The number of aliphatic carboxylic acids is 1. The molecule has 0 aliphatic heterocycles. The van der Waals surface area contributed by atoms with Gasteiger partial charge in [-0.15, -0.1) is 0 Å². The second-order valence-corrected chi connectivity index (χ2v) is 12.9. The number of carboxylic acids is 1. The largest absolute Gasteiger partial charge is 0.478 e. The molecule has 0 amide bonds. The summed E-state index contributed by atoms with van der Waals surface area (Å²) in [5, 5.41) is 9.14. The molecule has 0 radical (unpaired) electrons.